The SMILES string of the molecule is Cc1nc(C[P+](c2ccccc2)(c2ccccc2)c2ccccc2)c(C[P+](c2ccccc2)(c2ccccc2)c2ccccc2)c2c1OC(C(C)C)OC2. The summed E-state index contributed by atoms with van der Waals surface area (Å²) >= 11 is 0. The zero-order chi connectivity index (χ0) is 37.0. The minimum Gasteiger partial charge on any atom is -0.462 e. The van der Waals surface area contributed by atoms with Crippen LogP contribution in [0.5, 0.6) is 5.75 Å². The zero-order valence-corrected chi connectivity index (χ0v) is 33.0. The first-order valence-corrected chi connectivity index (χ1v) is 22.8. The highest BCUT2D eigenvalue weighted by Crippen LogP contribution is 2.62. The van der Waals surface area contributed by atoms with Gasteiger partial charge in [-0.15, -0.1) is 0 Å². The summed E-state index contributed by atoms with van der Waals surface area (Å²) in [6.07, 6.45) is 1.23. The van der Waals surface area contributed by atoms with Gasteiger partial charge in [0.1, 0.15) is 64.4 Å². The minimum atomic E-state index is -2.32. The molecule has 0 N–H and O–H groups in total. The molecular formula is C49H47NO2P2+2. The van der Waals surface area contributed by atoms with Gasteiger partial charge in [0.05, 0.1) is 18.0 Å². The first-order chi connectivity index (χ1) is 26.5. The van der Waals surface area contributed by atoms with Gasteiger partial charge < -0.3 is 9.47 Å². The molecule has 1 unspecified atom stereocenters. The van der Waals surface area contributed by atoms with Crippen molar-refractivity contribution in [1.29, 1.82) is 0 Å². The highest BCUT2D eigenvalue weighted by Gasteiger charge is 2.50. The highest BCUT2D eigenvalue weighted by molar-refractivity contribution is 7.95. The molecule has 7 aromatic rings. The Kier molecular flexibility index (Phi) is 10.6. The summed E-state index contributed by atoms with van der Waals surface area (Å²) in [7, 11) is -4.62. The first-order valence-electron chi connectivity index (χ1n) is 18.9. The van der Waals surface area contributed by atoms with Gasteiger partial charge in [0.15, 0.2) is 0 Å². The number of rotatable bonds is 11. The lowest BCUT2D eigenvalue weighted by Gasteiger charge is -2.35. The van der Waals surface area contributed by atoms with Crippen LogP contribution in [0, 0.1) is 12.8 Å². The summed E-state index contributed by atoms with van der Waals surface area (Å²) in [6, 6.07) is 67.0. The van der Waals surface area contributed by atoms with E-state index < -0.39 is 14.5 Å². The molecule has 2 heterocycles. The molecule has 8 rings (SSSR count). The molecule has 1 atom stereocenters. The molecule has 0 radical (unpaired) electrons. The Morgan fingerprint density at radius 2 is 0.852 bits per heavy atom. The second-order valence-corrected chi connectivity index (χ2v) is 21.4. The van der Waals surface area contributed by atoms with E-state index in [9.17, 15) is 0 Å². The van der Waals surface area contributed by atoms with E-state index >= 15 is 0 Å². The van der Waals surface area contributed by atoms with Gasteiger partial charge in [-0.2, -0.15) is 0 Å². The molecular weight excluding hydrogens is 696 g/mol. The molecule has 0 bridgehead atoms. The van der Waals surface area contributed by atoms with Crippen LogP contribution in [0.3, 0.4) is 0 Å². The number of hydrogen-bond donors (Lipinski definition) is 0. The van der Waals surface area contributed by atoms with Crippen LogP contribution in [0.1, 0.15) is 36.4 Å². The number of benzene rings is 6. The molecule has 0 spiro atoms. The van der Waals surface area contributed by atoms with E-state index in [-0.39, 0.29) is 12.2 Å². The maximum atomic E-state index is 6.77. The summed E-state index contributed by atoms with van der Waals surface area (Å²) in [4.78, 5) is 5.67. The van der Waals surface area contributed by atoms with E-state index in [0.29, 0.717) is 6.61 Å². The molecule has 54 heavy (non-hydrogen) atoms. The summed E-state index contributed by atoms with van der Waals surface area (Å²) in [6.45, 7) is 6.91. The number of ether oxygens (including phenoxy) is 2. The smallest absolute Gasteiger partial charge is 0.202 e. The quantitative estimate of drug-likeness (QED) is 0.124. The molecule has 0 amide bonds. The standard InChI is InChI=1S/C49H47NO2P2/c1-37(2)49-51-34-45-46(35-53(39-22-10-4-11-23-39,40-24-12-5-13-25-40)41-26-14-6-15-27-41)47(50-38(3)48(45)52-49)36-54(42-28-16-7-17-29-42,43-30-18-8-19-31-43)44-32-20-9-21-33-44/h4-33,37,49H,34-36H2,1-3H3/q+2. The van der Waals surface area contributed by atoms with Gasteiger partial charge in [-0.05, 0) is 79.7 Å². The number of aryl methyl sites for hydroxylation is 1. The van der Waals surface area contributed by atoms with Gasteiger partial charge in [0, 0.05) is 17.0 Å². The molecule has 0 aliphatic carbocycles. The topological polar surface area (TPSA) is 31.4 Å². The van der Waals surface area contributed by atoms with Crippen molar-refractivity contribution in [1.82, 2.24) is 4.98 Å². The second-order valence-electron chi connectivity index (χ2n) is 14.4. The van der Waals surface area contributed by atoms with Crippen LogP contribution in [0.4, 0.5) is 0 Å². The maximum Gasteiger partial charge on any atom is 0.202 e. The number of hydrogen-bond acceptors (Lipinski definition) is 3. The van der Waals surface area contributed by atoms with Crippen LogP contribution in [-0.2, 0) is 23.7 Å². The normalized spacial score (nSPS) is 14.3. The van der Waals surface area contributed by atoms with Gasteiger partial charge in [-0.25, -0.2) is 4.98 Å². The summed E-state index contributed by atoms with van der Waals surface area (Å²) in [5.41, 5.74) is 4.43. The van der Waals surface area contributed by atoms with Gasteiger partial charge >= 0.3 is 0 Å². The molecule has 5 heteroatoms. The molecule has 1 aliphatic rings. The van der Waals surface area contributed by atoms with E-state index in [4.69, 9.17) is 14.5 Å². The molecule has 268 valence electrons. The first kappa shape index (κ1) is 36.1. The Morgan fingerprint density at radius 3 is 1.19 bits per heavy atom. The summed E-state index contributed by atoms with van der Waals surface area (Å²) < 4.78 is 13.4. The van der Waals surface area contributed by atoms with Crippen molar-refractivity contribution in [3.63, 3.8) is 0 Å². The predicted molar refractivity (Wildman–Crippen MR) is 231 cm³/mol. The number of fused-ring (bicyclic) bond motifs is 1. The predicted octanol–water partition coefficient (Wildman–Crippen LogP) is 9.27. The fourth-order valence-electron chi connectivity index (χ4n) is 8.12. The average molecular weight is 744 g/mol. The summed E-state index contributed by atoms with van der Waals surface area (Å²) in [5, 5.41) is 8.05. The maximum absolute atomic E-state index is 6.77. The second kappa shape index (κ2) is 15.8. The van der Waals surface area contributed by atoms with Gasteiger partial charge in [-0.1, -0.05) is 123 Å². The third-order valence-electron chi connectivity index (χ3n) is 10.8. The van der Waals surface area contributed by atoms with Crippen LogP contribution in [0.15, 0.2) is 182 Å². The molecule has 0 fully saturated rings. The van der Waals surface area contributed by atoms with Crippen molar-refractivity contribution < 1.29 is 9.47 Å². The van der Waals surface area contributed by atoms with Crippen molar-refractivity contribution in [2.75, 3.05) is 0 Å². The van der Waals surface area contributed by atoms with Gasteiger partial charge in [0.25, 0.3) is 0 Å². The van der Waals surface area contributed by atoms with E-state index in [0.717, 1.165) is 35.0 Å². The number of aromatic nitrogens is 1. The average Bonchev–Trinajstić information content (AvgIpc) is 3.24. The third kappa shape index (κ3) is 6.71. The van der Waals surface area contributed by atoms with Crippen molar-refractivity contribution in [2.45, 2.75) is 46.0 Å². The van der Waals surface area contributed by atoms with Crippen LogP contribution in [0.25, 0.3) is 0 Å². The van der Waals surface area contributed by atoms with E-state index in [1.807, 2.05) is 0 Å². The third-order valence-corrected chi connectivity index (χ3v) is 19.4. The Balaban J connectivity index is 1.44. The van der Waals surface area contributed by atoms with Gasteiger partial charge in [-0.3, -0.25) is 0 Å². The van der Waals surface area contributed by atoms with Crippen LogP contribution >= 0.6 is 14.5 Å². The highest BCUT2D eigenvalue weighted by atomic mass is 31.2. The number of pyridine rings is 1. The van der Waals surface area contributed by atoms with Crippen molar-refractivity contribution in [2.24, 2.45) is 5.92 Å². The van der Waals surface area contributed by atoms with E-state index in [1.54, 1.807) is 0 Å². The zero-order valence-electron chi connectivity index (χ0n) is 31.3. The number of nitrogens with zero attached hydrogens (tertiary/aromatic N) is 1. The lowest BCUT2D eigenvalue weighted by molar-refractivity contribution is -0.133. The van der Waals surface area contributed by atoms with Crippen molar-refractivity contribution >= 4 is 46.4 Å². The lowest BCUT2D eigenvalue weighted by Crippen LogP contribution is -2.36. The largest absolute Gasteiger partial charge is 0.462 e. The van der Waals surface area contributed by atoms with Crippen LogP contribution in [-0.4, -0.2) is 11.3 Å². The van der Waals surface area contributed by atoms with Crippen molar-refractivity contribution in [3.8, 4) is 5.75 Å². The Hall–Kier alpha value is -4.91. The molecule has 0 saturated carbocycles. The molecule has 1 aromatic heterocycles. The Morgan fingerprint density at radius 1 is 0.519 bits per heavy atom. The monoisotopic (exact) mass is 743 g/mol. The fourth-order valence-corrected chi connectivity index (χ4v) is 16.6. The van der Waals surface area contributed by atoms with E-state index in [2.05, 4.69) is 203 Å². The van der Waals surface area contributed by atoms with Crippen LogP contribution in [0.2, 0.25) is 0 Å². The minimum absolute atomic E-state index is 0.207. The fraction of sp³-hybridized carbons (Fsp3) is 0.163. The Labute approximate surface area is 321 Å². The Bertz CT molecular complexity index is 2090. The van der Waals surface area contributed by atoms with E-state index in [1.165, 1.54) is 37.4 Å². The van der Waals surface area contributed by atoms with Gasteiger partial charge in [0.2, 0.25) is 6.29 Å². The molecule has 3 nitrogen and oxygen atoms in total. The summed E-state index contributed by atoms with van der Waals surface area (Å²) in [5.74, 6) is 1.09. The molecule has 1 aliphatic heterocycles. The van der Waals surface area contributed by atoms with Crippen LogP contribution < -0.4 is 36.6 Å². The van der Waals surface area contributed by atoms with Crippen molar-refractivity contribution in [3.05, 3.63) is 205 Å². The molecule has 6 aromatic carbocycles. The lowest BCUT2D eigenvalue weighted by atomic mass is 10.0. The molecule has 0 saturated heterocycles.